The Balaban J connectivity index is 0.000000858. The van der Waals surface area contributed by atoms with Crippen LogP contribution in [-0.4, -0.2) is 11.2 Å². The lowest BCUT2D eigenvalue weighted by Crippen LogP contribution is -2.58. The van der Waals surface area contributed by atoms with E-state index in [1.807, 2.05) is 0 Å². The second kappa shape index (κ2) is 9.90. The highest BCUT2D eigenvalue weighted by Crippen LogP contribution is 2.68. The van der Waals surface area contributed by atoms with Crippen molar-refractivity contribution < 1.29 is 5.11 Å². The lowest BCUT2D eigenvalue weighted by Gasteiger charge is -2.62. The Kier molecular flexibility index (Phi) is 8.09. The maximum Gasteiger partial charge on any atom is 0.0577 e. The van der Waals surface area contributed by atoms with Crippen LogP contribution in [0.3, 0.4) is 0 Å². The monoisotopic (exact) mass is 430 g/mol. The molecule has 0 spiro atoms. The zero-order valence-electron chi connectivity index (χ0n) is 22.1. The molecule has 1 N–H and O–H groups in total. The summed E-state index contributed by atoms with van der Waals surface area (Å²) in [6, 6.07) is 0. The van der Waals surface area contributed by atoms with E-state index in [4.69, 9.17) is 0 Å². The van der Waals surface area contributed by atoms with E-state index in [-0.39, 0.29) is 6.10 Å². The van der Waals surface area contributed by atoms with Crippen LogP contribution in [0.25, 0.3) is 0 Å². The fourth-order valence-corrected chi connectivity index (χ4v) is 9.09. The summed E-state index contributed by atoms with van der Waals surface area (Å²) in [6.07, 6.45) is 14.5. The summed E-state index contributed by atoms with van der Waals surface area (Å²) >= 11 is 0. The first kappa shape index (κ1) is 25.3. The van der Waals surface area contributed by atoms with Gasteiger partial charge >= 0.3 is 0 Å². The first-order valence-electron chi connectivity index (χ1n) is 13.9. The Morgan fingerprint density at radius 1 is 1.00 bits per heavy atom. The number of aliphatic hydroxyl groups excluding tert-OH is 1. The van der Waals surface area contributed by atoms with Gasteiger partial charge in [0, 0.05) is 0 Å². The molecule has 31 heavy (non-hydrogen) atoms. The third-order valence-corrected chi connectivity index (χ3v) is 10.7. The van der Waals surface area contributed by atoms with Gasteiger partial charge in [0.25, 0.3) is 0 Å². The molecular formula is C30H54O. The Bertz CT molecular complexity index is 610. The molecule has 4 aliphatic rings. The van der Waals surface area contributed by atoms with Crippen LogP contribution in [0, 0.1) is 52.3 Å². The number of fused-ring (bicyclic) bond motifs is 5. The molecule has 1 nitrogen and oxygen atoms in total. The van der Waals surface area contributed by atoms with Crippen LogP contribution < -0.4 is 0 Å². The first-order valence-corrected chi connectivity index (χ1v) is 13.9. The van der Waals surface area contributed by atoms with E-state index in [1.165, 1.54) is 69.8 Å². The highest BCUT2D eigenvalue weighted by Gasteiger charge is 2.62. The summed E-state index contributed by atoms with van der Waals surface area (Å²) in [4.78, 5) is 0. The van der Waals surface area contributed by atoms with Crippen molar-refractivity contribution in [2.75, 3.05) is 0 Å². The zero-order chi connectivity index (χ0) is 23.0. The molecule has 0 aromatic carbocycles. The van der Waals surface area contributed by atoms with Crippen molar-refractivity contribution in [3.63, 3.8) is 0 Å². The lowest BCUT2D eigenvalue weighted by molar-refractivity contribution is -0.168. The predicted molar refractivity (Wildman–Crippen MR) is 135 cm³/mol. The van der Waals surface area contributed by atoms with E-state index in [0.717, 1.165) is 41.9 Å². The van der Waals surface area contributed by atoms with Gasteiger partial charge < -0.3 is 5.11 Å². The van der Waals surface area contributed by atoms with Crippen LogP contribution in [0.15, 0.2) is 12.2 Å². The van der Waals surface area contributed by atoms with Crippen LogP contribution in [0.5, 0.6) is 0 Å². The van der Waals surface area contributed by atoms with Gasteiger partial charge in [0.15, 0.2) is 0 Å². The molecule has 8 unspecified atom stereocenters. The molecule has 0 aromatic rings. The van der Waals surface area contributed by atoms with Gasteiger partial charge in [-0.2, -0.15) is 0 Å². The van der Waals surface area contributed by atoms with Gasteiger partial charge in [0.05, 0.1) is 6.10 Å². The topological polar surface area (TPSA) is 20.2 Å². The number of rotatable bonds is 4. The molecule has 10 atom stereocenters. The molecule has 180 valence electrons. The van der Waals surface area contributed by atoms with Crippen molar-refractivity contribution in [2.45, 2.75) is 125 Å². The van der Waals surface area contributed by atoms with E-state index in [1.54, 1.807) is 0 Å². The molecule has 0 saturated heterocycles. The van der Waals surface area contributed by atoms with Crippen LogP contribution in [0.4, 0.5) is 0 Å². The number of hydrogen-bond donors (Lipinski definition) is 1. The minimum Gasteiger partial charge on any atom is -0.393 e. The molecule has 0 aromatic heterocycles. The maximum atomic E-state index is 11.4. The van der Waals surface area contributed by atoms with E-state index < -0.39 is 0 Å². The summed E-state index contributed by atoms with van der Waals surface area (Å²) in [5.41, 5.74) is 2.30. The van der Waals surface area contributed by atoms with Crippen molar-refractivity contribution >= 4 is 0 Å². The smallest absolute Gasteiger partial charge is 0.0577 e. The van der Waals surface area contributed by atoms with Gasteiger partial charge in [-0.1, -0.05) is 60.0 Å². The molecule has 4 fully saturated rings. The SMILES string of the molecule is C=C(C)CC[C@@H](C)C1CCC2C3C(O)CC4C[C@H](C)CCC4(C)C3CCC21C.CCC. The van der Waals surface area contributed by atoms with Crippen molar-refractivity contribution in [1.29, 1.82) is 0 Å². The van der Waals surface area contributed by atoms with Crippen molar-refractivity contribution in [1.82, 2.24) is 0 Å². The quantitative estimate of drug-likeness (QED) is 0.442. The summed E-state index contributed by atoms with van der Waals surface area (Å²) < 4.78 is 0. The normalized spacial score (nSPS) is 47.3. The number of hydrogen-bond acceptors (Lipinski definition) is 1. The standard InChI is InChI=1S/C27H46O.C3H8/c1-17(2)7-8-19(4)21-9-10-22-25-23(12-14-27(21,22)6)26(5)13-11-18(3)15-20(26)16-24(25)28;1-3-2/h18-25,28H,1,7-16H2,2-6H3;3H2,1-2H3/t18-,19-,20?,21?,22?,23?,24?,25?,26?,27?;/m1./s1. The van der Waals surface area contributed by atoms with E-state index in [2.05, 4.69) is 55.0 Å². The predicted octanol–water partition coefficient (Wildman–Crippen LogP) is 8.66. The molecule has 0 heterocycles. The van der Waals surface area contributed by atoms with Crippen LogP contribution in [0.1, 0.15) is 119 Å². The average molecular weight is 431 g/mol. The molecule has 0 aliphatic heterocycles. The summed E-state index contributed by atoms with van der Waals surface area (Å²) in [7, 11) is 0. The third kappa shape index (κ3) is 4.69. The van der Waals surface area contributed by atoms with Gasteiger partial charge in [-0.05, 0) is 117 Å². The maximum absolute atomic E-state index is 11.4. The van der Waals surface area contributed by atoms with Crippen LogP contribution in [-0.2, 0) is 0 Å². The van der Waals surface area contributed by atoms with Crippen molar-refractivity contribution in [3.05, 3.63) is 12.2 Å². The zero-order valence-corrected chi connectivity index (χ0v) is 22.1. The molecular weight excluding hydrogens is 376 g/mol. The summed E-state index contributed by atoms with van der Waals surface area (Å²) in [5.74, 6) is 5.38. The number of allylic oxidation sites excluding steroid dienone is 1. The summed E-state index contributed by atoms with van der Waals surface area (Å²) in [5, 5.41) is 11.4. The molecule has 1 heteroatoms. The molecule has 0 radical (unpaired) electrons. The Morgan fingerprint density at radius 3 is 2.26 bits per heavy atom. The van der Waals surface area contributed by atoms with Crippen LogP contribution in [0.2, 0.25) is 0 Å². The van der Waals surface area contributed by atoms with Crippen molar-refractivity contribution in [3.8, 4) is 0 Å². The van der Waals surface area contributed by atoms with Crippen LogP contribution >= 0.6 is 0 Å². The molecule has 4 saturated carbocycles. The van der Waals surface area contributed by atoms with Gasteiger partial charge in [0.1, 0.15) is 0 Å². The Morgan fingerprint density at radius 2 is 1.61 bits per heavy atom. The largest absolute Gasteiger partial charge is 0.393 e. The molecule has 4 aliphatic carbocycles. The second-order valence-corrected chi connectivity index (χ2v) is 13.1. The fraction of sp³-hybridized carbons (Fsp3) is 0.933. The highest BCUT2D eigenvalue weighted by atomic mass is 16.3. The minimum atomic E-state index is -0.0394. The van der Waals surface area contributed by atoms with Gasteiger partial charge in [-0.3, -0.25) is 0 Å². The molecule has 0 amide bonds. The lowest BCUT2D eigenvalue weighted by atomic mass is 9.43. The third-order valence-electron chi connectivity index (χ3n) is 10.7. The highest BCUT2D eigenvalue weighted by molar-refractivity contribution is 5.11. The van der Waals surface area contributed by atoms with Gasteiger partial charge in [-0.25, -0.2) is 0 Å². The average Bonchev–Trinajstić information content (AvgIpc) is 3.05. The molecule has 0 bridgehead atoms. The fourth-order valence-electron chi connectivity index (χ4n) is 9.09. The van der Waals surface area contributed by atoms with Gasteiger partial charge in [-0.15, -0.1) is 6.58 Å². The van der Waals surface area contributed by atoms with E-state index >= 15 is 0 Å². The van der Waals surface area contributed by atoms with E-state index in [9.17, 15) is 5.11 Å². The van der Waals surface area contributed by atoms with Gasteiger partial charge in [0.2, 0.25) is 0 Å². The number of aliphatic hydroxyl groups is 1. The second-order valence-electron chi connectivity index (χ2n) is 13.1. The van der Waals surface area contributed by atoms with Crippen molar-refractivity contribution in [2.24, 2.45) is 52.3 Å². The first-order chi connectivity index (χ1) is 14.6. The minimum absolute atomic E-state index is 0.0394. The van der Waals surface area contributed by atoms with E-state index in [0.29, 0.717) is 16.7 Å². The summed E-state index contributed by atoms with van der Waals surface area (Å²) in [6.45, 7) is 20.7. The Hall–Kier alpha value is -0.300. The molecule has 4 rings (SSSR count). The Labute approximate surface area is 194 Å².